The van der Waals surface area contributed by atoms with Crippen molar-refractivity contribution in [3.05, 3.63) is 52.3 Å². The Morgan fingerprint density at radius 2 is 1.68 bits per heavy atom. The molecule has 0 atom stereocenters. The number of pyridine rings is 1. The molecule has 0 unspecified atom stereocenters. The number of ketones is 1. The van der Waals surface area contributed by atoms with E-state index in [1.807, 2.05) is 0 Å². The molecule has 0 radical (unpaired) electrons. The van der Waals surface area contributed by atoms with Crippen molar-refractivity contribution in [2.75, 3.05) is 14.2 Å². The zero-order valence-corrected chi connectivity index (χ0v) is 12.5. The van der Waals surface area contributed by atoms with Gasteiger partial charge in [0.05, 0.1) is 19.8 Å². The fourth-order valence-corrected chi connectivity index (χ4v) is 2.12. The molecule has 1 heterocycles. The Labute approximate surface area is 131 Å². The van der Waals surface area contributed by atoms with Gasteiger partial charge in [0, 0.05) is 17.3 Å². The van der Waals surface area contributed by atoms with Crippen molar-refractivity contribution in [3.8, 4) is 11.5 Å². The number of benzene rings is 1. The summed E-state index contributed by atoms with van der Waals surface area (Å²) in [6, 6.07) is 5.40. The van der Waals surface area contributed by atoms with E-state index in [4.69, 9.17) is 21.1 Å². The van der Waals surface area contributed by atoms with Gasteiger partial charge in [-0.15, -0.1) is 0 Å². The summed E-state index contributed by atoms with van der Waals surface area (Å²) < 4.78 is 10.2. The summed E-state index contributed by atoms with van der Waals surface area (Å²) in [5, 5.41) is 9.45. The highest BCUT2D eigenvalue weighted by atomic mass is 35.5. The number of carbonyl (C=O) groups is 2. The third-order valence-corrected chi connectivity index (χ3v) is 3.19. The van der Waals surface area contributed by atoms with Crippen molar-refractivity contribution >= 4 is 23.4 Å². The first kappa shape index (κ1) is 15.8. The molecule has 2 rings (SSSR count). The van der Waals surface area contributed by atoms with Crippen LogP contribution in [0.25, 0.3) is 0 Å². The van der Waals surface area contributed by atoms with Gasteiger partial charge in [-0.05, 0) is 24.3 Å². The van der Waals surface area contributed by atoms with Crippen LogP contribution in [0.3, 0.4) is 0 Å². The largest absolute Gasteiger partial charge is 0.493 e. The number of hydrogen-bond acceptors (Lipinski definition) is 5. The Bertz CT molecular complexity index is 745. The quantitative estimate of drug-likeness (QED) is 0.673. The Morgan fingerprint density at radius 1 is 1.09 bits per heavy atom. The highest BCUT2D eigenvalue weighted by Gasteiger charge is 2.22. The molecular formula is C15H12ClNO5. The minimum Gasteiger partial charge on any atom is -0.493 e. The number of aromatic nitrogens is 1. The maximum absolute atomic E-state index is 12.5. The number of methoxy groups -OCH3 is 2. The van der Waals surface area contributed by atoms with E-state index < -0.39 is 11.8 Å². The molecule has 0 amide bonds. The molecule has 0 aliphatic carbocycles. The van der Waals surface area contributed by atoms with Gasteiger partial charge in [0.25, 0.3) is 0 Å². The van der Waals surface area contributed by atoms with Crippen molar-refractivity contribution in [3.63, 3.8) is 0 Å². The third kappa shape index (κ3) is 3.01. The monoisotopic (exact) mass is 321 g/mol. The number of carbonyl (C=O) groups excluding carboxylic acids is 1. The summed E-state index contributed by atoms with van der Waals surface area (Å²) in [6.45, 7) is 0. The van der Waals surface area contributed by atoms with Gasteiger partial charge in [-0.1, -0.05) is 11.6 Å². The summed E-state index contributed by atoms with van der Waals surface area (Å²) in [6.07, 6.45) is 1.37. The summed E-state index contributed by atoms with van der Waals surface area (Å²) in [5.74, 6) is -1.26. The van der Waals surface area contributed by atoms with Crippen LogP contribution in [-0.2, 0) is 0 Å². The highest BCUT2D eigenvalue weighted by molar-refractivity contribution is 6.30. The van der Waals surface area contributed by atoms with Crippen molar-refractivity contribution in [2.24, 2.45) is 0 Å². The summed E-state index contributed by atoms with van der Waals surface area (Å²) in [7, 11) is 2.78. The molecule has 1 aromatic carbocycles. The fraction of sp³-hybridized carbons (Fsp3) is 0.133. The maximum atomic E-state index is 12.5. The predicted molar refractivity (Wildman–Crippen MR) is 79.2 cm³/mol. The summed E-state index contributed by atoms with van der Waals surface area (Å²) >= 11 is 5.76. The van der Waals surface area contributed by atoms with Crippen LogP contribution in [0.5, 0.6) is 11.5 Å². The van der Waals surface area contributed by atoms with E-state index in [-0.39, 0.29) is 33.3 Å². The normalized spacial score (nSPS) is 10.1. The smallest absolute Gasteiger partial charge is 0.336 e. The molecule has 0 saturated heterocycles. The lowest BCUT2D eigenvalue weighted by atomic mass is 9.98. The molecule has 7 heteroatoms. The third-order valence-electron chi connectivity index (χ3n) is 2.99. The molecule has 0 fully saturated rings. The minimum absolute atomic E-state index is 0.0209. The Morgan fingerprint density at radius 3 is 2.18 bits per heavy atom. The zero-order chi connectivity index (χ0) is 16.3. The topological polar surface area (TPSA) is 85.7 Å². The fourth-order valence-electron chi connectivity index (χ4n) is 1.94. The van der Waals surface area contributed by atoms with E-state index in [2.05, 4.69) is 4.98 Å². The van der Waals surface area contributed by atoms with Crippen LogP contribution in [0.1, 0.15) is 26.3 Å². The number of hydrogen-bond donors (Lipinski definition) is 1. The SMILES string of the molecule is COc1cc(C(=O)O)c(C(=O)c2ccnc(Cl)c2)cc1OC. The Kier molecular flexibility index (Phi) is 4.62. The highest BCUT2D eigenvalue weighted by Crippen LogP contribution is 2.31. The number of ether oxygens (including phenoxy) is 2. The van der Waals surface area contributed by atoms with Crippen molar-refractivity contribution in [1.82, 2.24) is 4.98 Å². The Hall–Kier alpha value is -2.60. The molecule has 1 aromatic heterocycles. The maximum Gasteiger partial charge on any atom is 0.336 e. The second-order valence-electron chi connectivity index (χ2n) is 4.25. The van der Waals surface area contributed by atoms with E-state index in [0.717, 1.165) is 0 Å². The number of halogens is 1. The molecule has 1 N–H and O–H groups in total. The first-order chi connectivity index (χ1) is 10.5. The molecule has 6 nitrogen and oxygen atoms in total. The Balaban J connectivity index is 2.62. The van der Waals surface area contributed by atoms with Crippen LogP contribution in [0, 0.1) is 0 Å². The second kappa shape index (κ2) is 6.44. The van der Waals surface area contributed by atoms with Gasteiger partial charge in [-0.2, -0.15) is 0 Å². The number of nitrogens with zero attached hydrogens (tertiary/aromatic N) is 1. The number of carboxylic acids is 1. The zero-order valence-electron chi connectivity index (χ0n) is 11.8. The van der Waals surface area contributed by atoms with Gasteiger partial charge in [0.2, 0.25) is 0 Å². The lowest BCUT2D eigenvalue weighted by molar-refractivity contribution is 0.0692. The van der Waals surface area contributed by atoms with Crippen molar-refractivity contribution in [1.29, 1.82) is 0 Å². The first-order valence-corrected chi connectivity index (χ1v) is 6.51. The van der Waals surface area contributed by atoms with Gasteiger partial charge in [0.15, 0.2) is 17.3 Å². The first-order valence-electron chi connectivity index (χ1n) is 6.13. The lowest BCUT2D eigenvalue weighted by Gasteiger charge is -2.12. The van der Waals surface area contributed by atoms with Crippen LogP contribution in [0.2, 0.25) is 5.15 Å². The molecule has 0 spiro atoms. The molecule has 114 valence electrons. The number of rotatable bonds is 5. The van der Waals surface area contributed by atoms with Crippen LogP contribution in [0.4, 0.5) is 0 Å². The standard InChI is InChI=1S/C15H12ClNO5/c1-21-11-6-9(10(15(19)20)7-12(11)22-2)14(18)8-3-4-17-13(16)5-8/h3-7H,1-2H3,(H,19,20). The molecule has 22 heavy (non-hydrogen) atoms. The van der Waals surface area contributed by atoms with Gasteiger partial charge in [0.1, 0.15) is 5.15 Å². The van der Waals surface area contributed by atoms with E-state index in [1.54, 1.807) is 0 Å². The minimum atomic E-state index is -1.25. The van der Waals surface area contributed by atoms with Crippen LogP contribution >= 0.6 is 11.6 Å². The molecule has 0 bridgehead atoms. The van der Waals surface area contributed by atoms with E-state index in [9.17, 15) is 14.7 Å². The van der Waals surface area contributed by atoms with Crippen LogP contribution in [0.15, 0.2) is 30.5 Å². The summed E-state index contributed by atoms with van der Waals surface area (Å²) in [5.41, 5.74) is 0.0257. The van der Waals surface area contributed by atoms with E-state index in [0.29, 0.717) is 0 Å². The van der Waals surface area contributed by atoms with Crippen LogP contribution < -0.4 is 9.47 Å². The van der Waals surface area contributed by atoms with Crippen LogP contribution in [-0.4, -0.2) is 36.1 Å². The van der Waals surface area contributed by atoms with Gasteiger partial charge in [-0.3, -0.25) is 4.79 Å². The van der Waals surface area contributed by atoms with E-state index in [1.165, 1.54) is 44.7 Å². The van der Waals surface area contributed by atoms with Gasteiger partial charge in [-0.25, -0.2) is 9.78 Å². The molecule has 2 aromatic rings. The van der Waals surface area contributed by atoms with E-state index >= 15 is 0 Å². The average molecular weight is 322 g/mol. The molecule has 0 aliphatic heterocycles. The molecule has 0 aliphatic rings. The molecule has 0 saturated carbocycles. The summed E-state index contributed by atoms with van der Waals surface area (Å²) in [4.78, 5) is 27.7. The van der Waals surface area contributed by atoms with Gasteiger partial charge >= 0.3 is 5.97 Å². The second-order valence-corrected chi connectivity index (χ2v) is 4.64. The number of aromatic carboxylic acids is 1. The number of carboxylic acid groups (broad SMARTS) is 1. The van der Waals surface area contributed by atoms with Gasteiger partial charge < -0.3 is 14.6 Å². The van der Waals surface area contributed by atoms with Crippen molar-refractivity contribution in [2.45, 2.75) is 0 Å². The van der Waals surface area contributed by atoms with Crippen molar-refractivity contribution < 1.29 is 24.2 Å². The lowest BCUT2D eigenvalue weighted by Crippen LogP contribution is -2.11. The average Bonchev–Trinajstić information content (AvgIpc) is 2.52. The molecular weight excluding hydrogens is 310 g/mol. The predicted octanol–water partition coefficient (Wildman–Crippen LogP) is 2.68.